The molecule has 1 unspecified atom stereocenters. The number of carbonyl (C=O) groups is 1. The van der Waals surface area contributed by atoms with Crippen molar-refractivity contribution in [3.05, 3.63) is 0 Å². The van der Waals surface area contributed by atoms with Crippen LogP contribution in [0.1, 0.15) is 66.7 Å². The minimum atomic E-state index is -0.330. The average Bonchev–Trinajstić information content (AvgIpc) is 2.28. The van der Waals surface area contributed by atoms with E-state index in [1.165, 1.54) is 19.3 Å². The monoisotopic (exact) mass is 228 g/mol. The molecule has 0 N–H and O–H groups in total. The predicted molar refractivity (Wildman–Crippen MR) is 68.3 cm³/mol. The highest BCUT2D eigenvalue weighted by Gasteiger charge is 2.27. The highest BCUT2D eigenvalue weighted by atomic mass is 16.5. The number of hydrogen-bond acceptors (Lipinski definition) is 2. The summed E-state index contributed by atoms with van der Waals surface area (Å²) >= 11 is 0. The topological polar surface area (TPSA) is 26.3 Å². The standard InChI is InChI=1S/C14H28O2/c1-6-9-10-12(7-2)11-16-13(15)14(4,5)8-3/h12H,6-11H2,1-5H3. The number of unbranched alkanes of at least 4 members (excludes halogenated alkanes) is 1. The molecule has 0 heterocycles. The molecule has 0 radical (unpaired) electrons. The van der Waals surface area contributed by atoms with E-state index in [1.54, 1.807) is 0 Å². The van der Waals surface area contributed by atoms with Gasteiger partial charge in [0.25, 0.3) is 0 Å². The van der Waals surface area contributed by atoms with Crippen molar-refractivity contribution < 1.29 is 9.53 Å². The van der Waals surface area contributed by atoms with Crippen LogP contribution < -0.4 is 0 Å². The van der Waals surface area contributed by atoms with Crippen molar-refractivity contribution in [1.82, 2.24) is 0 Å². The van der Waals surface area contributed by atoms with Crippen molar-refractivity contribution in [3.8, 4) is 0 Å². The summed E-state index contributed by atoms with van der Waals surface area (Å²) in [5.74, 6) is 0.488. The summed E-state index contributed by atoms with van der Waals surface area (Å²) in [6.07, 6.45) is 5.54. The highest BCUT2D eigenvalue weighted by molar-refractivity contribution is 5.75. The molecule has 0 fully saturated rings. The maximum Gasteiger partial charge on any atom is 0.311 e. The molecule has 0 spiro atoms. The van der Waals surface area contributed by atoms with Gasteiger partial charge >= 0.3 is 5.97 Å². The van der Waals surface area contributed by atoms with E-state index in [1.807, 2.05) is 20.8 Å². The van der Waals surface area contributed by atoms with E-state index >= 15 is 0 Å². The average molecular weight is 228 g/mol. The van der Waals surface area contributed by atoms with Crippen molar-refractivity contribution in [2.75, 3.05) is 6.61 Å². The van der Waals surface area contributed by atoms with Crippen LogP contribution in [-0.2, 0) is 9.53 Å². The first-order valence-electron chi connectivity index (χ1n) is 6.65. The number of rotatable bonds is 8. The first-order valence-corrected chi connectivity index (χ1v) is 6.65. The molecule has 0 aromatic heterocycles. The smallest absolute Gasteiger partial charge is 0.311 e. The summed E-state index contributed by atoms with van der Waals surface area (Å²) in [4.78, 5) is 11.8. The molecule has 16 heavy (non-hydrogen) atoms. The zero-order valence-electron chi connectivity index (χ0n) is 11.6. The Morgan fingerprint density at radius 2 is 1.88 bits per heavy atom. The Morgan fingerprint density at radius 1 is 1.25 bits per heavy atom. The van der Waals surface area contributed by atoms with Gasteiger partial charge in [-0.3, -0.25) is 4.79 Å². The summed E-state index contributed by atoms with van der Waals surface area (Å²) in [5, 5.41) is 0. The van der Waals surface area contributed by atoms with E-state index in [9.17, 15) is 4.79 Å². The molecule has 2 nitrogen and oxygen atoms in total. The Bertz CT molecular complexity index is 197. The molecule has 96 valence electrons. The Morgan fingerprint density at radius 3 is 2.31 bits per heavy atom. The molecular formula is C14H28O2. The summed E-state index contributed by atoms with van der Waals surface area (Å²) in [6.45, 7) is 10.9. The zero-order chi connectivity index (χ0) is 12.6. The Hall–Kier alpha value is -0.530. The highest BCUT2D eigenvalue weighted by Crippen LogP contribution is 2.22. The molecule has 2 heteroatoms. The molecular weight excluding hydrogens is 200 g/mol. The maximum absolute atomic E-state index is 11.8. The van der Waals surface area contributed by atoms with Crippen LogP contribution in [0, 0.1) is 11.3 Å². The van der Waals surface area contributed by atoms with Gasteiger partial charge in [-0.1, -0.05) is 40.0 Å². The minimum absolute atomic E-state index is 0.0510. The summed E-state index contributed by atoms with van der Waals surface area (Å²) < 4.78 is 5.41. The summed E-state index contributed by atoms with van der Waals surface area (Å²) in [7, 11) is 0. The first kappa shape index (κ1) is 15.5. The molecule has 0 rings (SSSR count). The number of ether oxygens (including phenoxy) is 1. The minimum Gasteiger partial charge on any atom is -0.465 e. The van der Waals surface area contributed by atoms with E-state index in [0.717, 1.165) is 12.8 Å². The number of esters is 1. The van der Waals surface area contributed by atoms with E-state index in [0.29, 0.717) is 12.5 Å². The summed E-state index contributed by atoms with van der Waals surface area (Å²) in [6, 6.07) is 0. The van der Waals surface area contributed by atoms with Crippen LogP contribution in [-0.4, -0.2) is 12.6 Å². The van der Waals surface area contributed by atoms with Crippen LogP contribution in [0.15, 0.2) is 0 Å². The SMILES string of the molecule is CCCCC(CC)COC(=O)C(C)(C)CC. The first-order chi connectivity index (χ1) is 7.47. The van der Waals surface area contributed by atoms with Gasteiger partial charge in [0.2, 0.25) is 0 Å². The normalized spacial score (nSPS) is 13.6. The van der Waals surface area contributed by atoms with Crippen molar-refractivity contribution in [1.29, 1.82) is 0 Å². The lowest BCUT2D eigenvalue weighted by Gasteiger charge is -2.22. The van der Waals surface area contributed by atoms with E-state index in [-0.39, 0.29) is 11.4 Å². The predicted octanol–water partition coefficient (Wildman–Crippen LogP) is 4.18. The molecule has 0 saturated heterocycles. The van der Waals surface area contributed by atoms with Crippen LogP contribution in [0.2, 0.25) is 0 Å². The van der Waals surface area contributed by atoms with Crippen molar-refractivity contribution in [2.24, 2.45) is 11.3 Å². The third kappa shape index (κ3) is 5.53. The van der Waals surface area contributed by atoms with Crippen molar-refractivity contribution in [2.45, 2.75) is 66.7 Å². The molecule has 0 aromatic rings. The van der Waals surface area contributed by atoms with Gasteiger partial charge < -0.3 is 4.74 Å². The van der Waals surface area contributed by atoms with Gasteiger partial charge in [0.1, 0.15) is 0 Å². The van der Waals surface area contributed by atoms with Gasteiger partial charge in [-0.25, -0.2) is 0 Å². The van der Waals surface area contributed by atoms with Gasteiger partial charge in [0.05, 0.1) is 12.0 Å². The Balaban J connectivity index is 3.97. The van der Waals surface area contributed by atoms with E-state index in [2.05, 4.69) is 13.8 Å². The summed E-state index contributed by atoms with van der Waals surface area (Å²) in [5.41, 5.74) is -0.330. The molecule has 0 aliphatic carbocycles. The quantitative estimate of drug-likeness (QED) is 0.582. The lowest BCUT2D eigenvalue weighted by molar-refractivity contribution is -0.155. The van der Waals surface area contributed by atoms with Crippen LogP contribution >= 0.6 is 0 Å². The lowest BCUT2D eigenvalue weighted by atomic mass is 9.90. The molecule has 0 aliphatic rings. The number of carbonyl (C=O) groups excluding carboxylic acids is 1. The fourth-order valence-electron chi connectivity index (χ4n) is 1.43. The maximum atomic E-state index is 11.8. The van der Waals surface area contributed by atoms with Gasteiger partial charge in [-0.2, -0.15) is 0 Å². The second-order valence-electron chi connectivity index (χ2n) is 5.25. The second-order valence-corrected chi connectivity index (χ2v) is 5.25. The van der Waals surface area contributed by atoms with Crippen molar-refractivity contribution >= 4 is 5.97 Å². The van der Waals surface area contributed by atoms with E-state index < -0.39 is 0 Å². The third-order valence-corrected chi connectivity index (χ3v) is 3.43. The zero-order valence-corrected chi connectivity index (χ0v) is 11.6. The van der Waals surface area contributed by atoms with Gasteiger partial charge in [-0.05, 0) is 32.6 Å². The second kappa shape index (κ2) is 7.70. The number of hydrogen-bond donors (Lipinski definition) is 0. The lowest BCUT2D eigenvalue weighted by Crippen LogP contribution is -2.27. The van der Waals surface area contributed by atoms with Gasteiger partial charge in [0.15, 0.2) is 0 Å². The molecule has 0 saturated carbocycles. The molecule has 0 aromatic carbocycles. The fourth-order valence-corrected chi connectivity index (χ4v) is 1.43. The largest absolute Gasteiger partial charge is 0.465 e. The molecule has 0 bridgehead atoms. The van der Waals surface area contributed by atoms with Crippen LogP contribution in [0.25, 0.3) is 0 Å². The van der Waals surface area contributed by atoms with Gasteiger partial charge in [0, 0.05) is 0 Å². The van der Waals surface area contributed by atoms with Crippen LogP contribution in [0.3, 0.4) is 0 Å². The fraction of sp³-hybridized carbons (Fsp3) is 0.929. The Kier molecular flexibility index (Phi) is 7.44. The molecule has 1 atom stereocenters. The third-order valence-electron chi connectivity index (χ3n) is 3.43. The van der Waals surface area contributed by atoms with Crippen molar-refractivity contribution in [3.63, 3.8) is 0 Å². The molecule has 0 aliphatic heterocycles. The van der Waals surface area contributed by atoms with Crippen LogP contribution in [0.5, 0.6) is 0 Å². The molecule has 0 amide bonds. The van der Waals surface area contributed by atoms with E-state index in [4.69, 9.17) is 4.74 Å². The van der Waals surface area contributed by atoms with Crippen LogP contribution in [0.4, 0.5) is 0 Å². The van der Waals surface area contributed by atoms with Gasteiger partial charge in [-0.15, -0.1) is 0 Å². The Labute approximate surface area is 101 Å².